The molecule has 12 heteroatoms. The van der Waals surface area contributed by atoms with Crippen LogP contribution < -0.4 is 15.1 Å². The maximum atomic E-state index is 14.9. The van der Waals surface area contributed by atoms with Crippen LogP contribution in [0.2, 0.25) is 5.02 Å². The monoisotopic (exact) mass is 678 g/mol. The molecule has 3 heterocycles. The molecule has 1 aromatic carbocycles. The van der Waals surface area contributed by atoms with E-state index in [1.165, 1.54) is 13.2 Å². The van der Waals surface area contributed by atoms with Gasteiger partial charge in [0.05, 0.1) is 17.8 Å². The zero-order valence-corrected chi connectivity index (χ0v) is 24.3. The topological polar surface area (TPSA) is 83.7 Å². The molecule has 0 aliphatic carbocycles. The van der Waals surface area contributed by atoms with Crippen LogP contribution in [0.25, 0.3) is 5.65 Å². The molecule has 9 nitrogen and oxygen atoms in total. The number of benzene rings is 1. The van der Waals surface area contributed by atoms with Gasteiger partial charge in [0, 0.05) is 12.3 Å². The second-order valence-electron chi connectivity index (χ2n) is 7.55. The SMILES string of the molecule is CCc1nc2cc(OC)c(Cl)cn2c1C(=O)NCc1ccc(N2CC[N]([Tl])C(OC)=N2)c(F)c1. The van der Waals surface area contributed by atoms with Gasteiger partial charge in [-0.15, -0.1) is 0 Å². The maximum absolute atomic E-state index is 14.9. The van der Waals surface area contributed by atoms with E-state index in [4.69, 9.17) is 21.1 Å². The van der Waals surface area contributed by atoms with E-state index in [0.29, 0.717) is 84.1 Å². The van der Waals surface area contributed by atoms with E-state index in [-0.39, 0.29) is 12.5 Å². The van der Waals surface area contributed by atoms with Crippen molar-refractivity contribution in [2.24, 2.45) is 5.10 Å². The third kappa shape index (κ3) is 4.78. The number of halogens is 2. The molecule has 3 aromatic rings. The summed E-state index contributed by atoms with van der Waals surface area (Å²) in [6.45, 7) is 3.36. The minimum atomic E-state index is -0.418. The van der Waals surface area contributed by atoms with Crippen LogP contribution in [0.5, 0.6) is 5.75 Å². The fourth-order valence-electron chi connectivity index (χ4n) is 3.71. The van der Waals surface area contributed by atoms with Crippen molar-refractivity contribution in [3.8, 4) is 5.75 Å². The van der Waals surface area contributed by atoms with Crippen LogP contribution in [0.3, 0.4) is 0 Å². The van der Waals surface area contributed by atoms with E-state index in [9.17, 15) is 9.18 Å². The van der Waals surface area contributed by atoms with Gasteiger partial charge < -0.3 is 4.74 Å². The molecule has 0 bridgehead atoms. The van der Waals surface area contributed by atoms with Gasteiger partial charge in [-0.25, -0.2) is 4.98 Å². The number of rotatable bonds is 6. The first kappa shape index (κ1) is 24.5. The quantitative estimate of drug-likeness (QED) is 0.405. The van der Waals surface area contributed by atoms with Gasteiger partial charge in [-0.05, 0) is 6.42 Å². The number of anilines is 1. The molecular weight excluding hydrogens is 655 g/mol. The van der Waals surface area contributed by atoms with Gasteiger partial charge in [-0.1, -0.05) is 18.5 Å². The number of carbonyl (C=O) groups excluding carboxylic acids is 1. The van der Waals surface area contributed by atoms with Crippen molar-refractivity contribution in [1.29, 1.82) is 0 Å². The van der Waals surface area contributed by atoms with Crippen LogP contribution in [0.4, 0.5) is 10.1 Å². The summed E-state index contributed by atoms with van der Waals surface area (Å²) in [6, 6.07) is 7.02. The second kappa shape index (κ2) is 10.3. The summed E-state index contributed by atoms with van der Waals surface area (Å²) in [5, 5.41) is 9.20. The zero-order valence-electron chi connectivity index (χ0n) is 19.0. The molecule has 1 aliphatic rings. The Kier molecular flexibility index (Phi) is 7.45. The van der Waals surface area contributed by atoms with Crippen molar-refractivity contribution < 1.29 is 18.7 Å². The van der Waals surface area contributed by atoms with E-state index in [2.05, 4.69) is 15.4 Å². The first-order valence-corrected chi connectivity index (χ1v) is 13.0. The first-order valence-electron chi connectivity index (χ1n) is 10.6. The van der Waals surface area contributed by atoms with E-state index in [1.807, 2.05) is 9.63 Å². The van der Waals surface area contributed by atoms with E-state index in [0.717, 1.165) is 6.54 Å². The molecule has 0 unspecified atom stereocenters. The number of imidazole rings is 1. The summed E-state index contributed by atoms with van der Waals surface area (Å²) in [5.74, 6) is -0.263. The molecule has 4 rings (SSSR count). The van der Waals surface area contributed by atoms with E-state index >= 15 is 0 Å². The number of ether oxygens (including phenoxy) is 2. The molecule has 2 aromatic heterocycles. The molecular formula is C22H23ClFN6O3Tl. The summed E-state index contributed by atoms with van der Waals surface area (Å²) in [7, 11) is 3.08. The zero-order chi connectivity index (χ0) is 24.4. The number of fused-ring (bicyclic) bond motifs is 1. The van der Waals surface area contributed by atoms with E-state index in [1.54, 1.807) is 40.9 Å². The Morgan fingerprint density at radius 3 is 2.74 bits per heavy atom. The predicted octanol–water partition coefficient (Wildman–Crippen LogP) is 2.75. The van der Waals surface area contributed by atoms with Crippen LogP contribution >= 0.6 is 11.6 Å². The number of nitrogens with zero attached hydrogens (tertiary/aromatic N) is 5. The third-order valence-corrected chi connectivity index (χ3v) is 7.60. The van der Waals surface area contributed by atoms with Gasteiger partial charge in [0.1, 0.15) is 11.4 Å². The Labute approximate surface area is 217 Å². The van der Waals surface area contributed by atoms with Crippen molar-refractivity contribution in [1.82, 2.24) is 17.4 Å². The van der Waals surface area contributed by atoms with Crippen LogP contribution in [0.15, 0.2) is 35.6 Å². The molecule has 0 saturated heterocycles. The average Bonchev–Trinajstić information content (AvgIpc) is 3.19. The first-order chi connectivity index (χ1) is 16.4. The standard InChI is InChI=1S/C22H24ClFN6O3.Tl/c1-4-16-20(29-12-14(23)18(32-2)10-19(29)27-16)21(31)26-11-13-5-6-17(15(24)9-13)30-8-7-25-22(28-30)33-3;/h5-6,9-10,12H,4,7-8,11H2,1-3H3,(H2,25,26,28,31);/q;+1/p-1. The number of carbonyl (C=O) groups is 1. The normalized spacial score (nSPS) is 13.7. The summed E-state index contributed by atoms with van der Waals surface area (Å²) in [6.07, 6.45) is 2.17. The molecule has 176 valence electrons. The number of amides is 1. The Morgan fingerprint density at radius 2 is 2.06 bits per heavy atom. The molecule has 0 spiro atoms. The molecule has 0 radical (unpaired) electrons. The third-order valence-electron chi connectivity index (χ3n) is 5.45. The van der Waals surface area contributed by atoms with Crippen LogP contribution in [0.1, 0.15) is 28.7 Å². The van der Waals surface area contributed by atoms with Crippen molar-refractivity contribution in [3.05, 3.63) is 58.3 Å². The number of hydrazone groups is 1. The van der Waals surface area contributed by atoms with Crippen molar-refractivity contribution in [2.75, 3.05) is 32.3 Å². The number of amidine groups is 1. The molecule has 34 heavy (non-hydrogen) atoms. The Morgan fingerprint density at radius 1 is 1.26 bits per heavy atom. The molecule has 0 saturated carbocycles. The molecule has 1 N–H and O–H groups in total. The number of aryl methyl sites for hydroxylation is 1. The number of hydrogen-bond donors (Lipinski definition) is 1. The summed E-state index contributed by atoms with van der Waals surface area (Å²) in [5.41, 5.74) is 2.57. The van der Waals surface area contributed by atoms with Gasteiger partial charge in [0.25, 0.3) is 0 Å². The van der Waals surface area contributed by atoms with Gasteiger partial charge in [-0.3, -0.25) is 4.40 Å². The van der Waals surface area contributed by atoms with Crippen molar-refractivity contribution in [3.63, 3.8) is 0 Å². The summed E-state index contributed by atoms with van der Waals surface area (Å²) in [4.78, 5) is 17.6. The van der Waals surface area contributed by atoms with Crippen LogP contribution in [-0.4, -0.2) is 77.4 Å². The molecule has 1 aliphatic heterocycles. The Balaban J connectivity index is 1.53. The molecule has 0 atom stereocenters. The van der Waals surface area contributed by atoms with E-state index < -0.39 is 5.82 Å². The van der Waals surface area contributed by atoms with Gasteiger partial charge in [-0.2, -0.15) is 0 Å². The second-order valence-corrected chi connectivity index (χ2v) is 10.4. The minimum absolute atomic E-state index is 0.151. The van der Waals surface area contributed by atoms with Crippen molar-refractivity contribution >= 4 is 60.9 Å². The molecule has 0 fully saturated rings. The Bertz CT molecular complexity index is 1270. The predicted molar refractivity (Wildman–Crippen MR) is 128 cm³/mol. The van der Waals surface area contributed by atoms with Gasteiger partial charge in [0.2, 0.25) is 0 Å². The summed E-state index contributed by atoms with van der Waals surface area (Å²) >= 11 is 6.82. The fourth-order valence-corrected chi connectivity index (χ4v) is 5.00. The van der Waals surface area contributed by atoms with Crippen LogP contribution in [-0.2, 0) is 17.7 Å². The number of aromatic nitrogens is 2. The van der Waals surface area contributed by atoms with Gasteiger partial charge in [0.15, 0.2) is 0 Å². The summed E-state index contributed by atoms with van der Waals surface area (Å²) < 4.78 is 29.1. The molecule has 1 amide bonds. The number of methoxy groups -OCH3 is 2. The van der Waals surface area contributed by atoms with Crippen molar-refractivity contribution in [2.45, 2.75) is 19.9 Å². The number of nitrogens with one attached hydrogen (secondary N) is 1. The van der Waals surface area contributed by atoms with Crippen LogP contribution in [0, 0.1) is 5.82 Å². The average molecular weight is 678 g/mol. The number of hydrogen-bond acceptors (Lipinski definition) is 7. The Hall–Kier alpha value is -2.61. The fraction of sp³-hybridized carbons (Fsp3) is 0.318. The van der Waals surface area contributed by atoms with Gasteiger partial charge >= 0.3 is 138 Å². The number of pyridine rings is 1.